The highest BCUT2D eigenvalue weighted by Gasteiger charge is 2.35. The highest BCUT2D eigenvalue weighted by molar-refractivity contribution is 5.81. The molecule has 1 aliphatic heterocycles. The van der Waals surface area contributed by atoms with E-state index in [2.05, 4.69) is 57.1 Å². The number of hydrogen-bond acceptors (Lipinski definition) is 7. The number of unbranched alkanes of at least 4 members (excludes halogenated alkanes) is 1. The number of hydrogen-bond donors (Lipinski definition) is 3. The van der Waals surface area contributed by atoms with Crippen molar-refractivity contribution < 1.29 is 5.11 Å². The number of aryl methyl sites for hydroxylation is 1. The summed E-state index contributed by atoms with van der Waals surface area (Å²) < 4.78 is 1.81. The number of nitrogens with zero attached hydrogens (tertiary/aromatic N) is 5. The third-order valence-corrected chi connectivity index (χ3v) is 9.59. The van der Waals surface area contributed by atoms with Crippen LogP contribution in [0, 0.1) is 0 Å². The largest absolute Gasteiger partial charge is 0.380 e. The van der Waals surface area contributed by atoms with Crippen molar-refractivity contribution in [2.24, 2.45) is 0 Å². The maximum absolute atomic E-state index is 14.4. The van der Waals surface area contributed by atoms with Gasteiger partial charge in [0.15, 0.2) is 0 Å². The van der Waals surface area contributed by atoms with E-state index in [1.807, 2.05) is 77.4 Å². The number of aromatic amines is 1. The first-order valence-corrected chi connectivity index (χ1v) is 17.0. The van der Waals surface area contributed by atoms with Crippen molar-refractivity contribution in [2.75, 3.05) is 6.54 Å². The first-order chi connectivity index (χ1) is 23.5. The van der Waals surface area contributed by atoms with Crippen molar-refractivity contribution in [2.45, 2.75) is 70.1 Å². The van der Waals surface area contributed by atoms with Crippen molar-refractivity contribution in [3.63, 3.8) is 0 Å². The molecule has 9 nitrogen and oxygen atoms in total. The molecule has 2 aromatic heterocycles. The summed E-state index contributed by atoms with van der Waals surface area (Å²) in [5.74, 6) is 1.32. The van der Waals surface area contributed by atoms with Gasteiger partial charge in [-0.3, -0.25) is 9.36 Å². The van der Waals surface area contributed by atoms with Crippen LogP contribution in [-0.2, 0) is 18.6 Å². The summed E-state index contributed by atoms with van der Waals surface area (Å²) in [6.45, 7) is 3.49. The summed E-state index contributed by atoms with van der Waals surface area (Å²) in [4.78, 5) is 19.4. The lowest BCUT2D eigenvalue weighted by Gasteiger charge is -2.35. The second-order valence-electron chi connectivity index (χ2n) is 12.8. The summed E-state index contributed by atoms with van der Waals surface area (Å²) in [7, 11) is 0. The molecule has 3 heterocycles. The summed E-state index contributed by atoms with van der Waals surface area (Å²) in [5, 5.41) is 31.2. The highest BCUT2D eigenvalue weighted by atomic mass is 16.3. The number of rotatable bonds is 11. The molecule has 0 amide bonds. The Labute approximate surface area is 280 Å². The van der Waals surface area contributed by atoms with Crippen LogP contribution >= 0.6 is 0 Å². The monoisotopic (exact) mass is 639 g/mol. The van der Waals surface area contributed by atoms with Gasteiger partial charge < -0.3 is 10.4 Å². The summed E-state index contributed by atoms with van der Waals surface area (Å²) in [6.07, 6.45) is 6.48. The molecule has 2 atom stereocenters. The zero-order valence-corrected chi connectivity index (χ0v) is 27.3. The molecule has 3 N–H and O–H groups in total. The molecule has 0 radical (unpaired) electrons. The first-order valence-electron chi connectivity index (χ1n) is 17.0. The molecule has 1 aliphatic rings. The minimum absolute atomic E-state index is 0.0920. The number of fused-ring (bicyclic) bond motifs is 1. The average molecular weight is 640 g/mol. The Morgan fingerprint density at radius 3 is 2.44 bits per heavy atom. The Morgan fingerprint density at radius 1 is 0.917 bits per heavy atom. The molecule has 9 heteroatoms. The molecule has 244 valence electrons. The molecule has 7 rings (SSSR count). The Bertz CT molecular complexity index is 2040. The predicted octanol–water partition coefficient (Wildman–Crippen LogP) is 6.40. The highest BCUT2D eigenvalue weighted by Crippen LogP contribution is 2.37. The molecule has 1 saturated heterocycles. The normalized spacial score (nSPS) is 16.2. The van der Waals surface area contributed by atoms with Gasteiger partial charge in [0.25, 0.3) is 5.56 Å². The van der Waals surface area contributed by atoms with Crippen LogP contribution < -0.4 is 10.9 Å². The fraction of sp³-hybridized carbons (Fsp3) is 0.308. The van der Waals surface area contributed by atoms with E-state index in [4.69, 9.17) is 4.98 Å². The van der Waals surface area contributed by atoms with Crippen LogP contribution in [0.3, 0.4) is 0 Å². The van der Waals surface area contributed by atoms with Gasteiger partial charge in [-0.2, -0.15) is 5.21 Å². The lowest BCUT2D eigenvalue weighted by Crippen LogP contribution is -2.41. The van der Waals surface area contributed by atoms with Crippen molar-refractivity contribution in [3.05, 3.63) is 130 Å². The third kappa shape index (κ3) is 6.43. The van der Waals surface area contributed by atoms with Crippen molar-refractivity contribution in [1.82, 2.24) is 35.5 Å². The predicted molar refractivity (Wildman–Crippen MR) is 188 cm³/mol. The van der Waals surface area contributed by atoms with Crippen LogP contribution in [0.4, 0.5) is 0 Å². The van der Waals surface area contributed by atoms with E-state index in [0.29, 0.717) is 41.7 Å². The zero-order valence-electron chi connectivity index (χ0n) is 27.3. The molecule has 0 spiro atoms. The quantitative estimate of drug-likeness (QED) is 0.150. The van der Waals surface area contributed by atoms with E-state index >= 15 is 0 Å². The van der Waals surface area contributed by atoms with E-state index < -0.39 is 5.60 Å². The fourth-order valence-electron chi connectivity index (χ4n) is 6.96. The first kappa shape index (κ1) is 31.6. The van der Waals surface area contributed by atoms with Crippen LogP contribution in [0.5, 0.6) is 0 Å². The number of aromatic nitrogens is 6. The number of piperidine rings is 1. The molecule has 0 saturated carbocycles. The summed E-state index contributed by atoms with van der Waals surface area (Å²) in [6, 6.07) is 32.0. The second kappa shape index (κ2) is 14.0. The van der Waals surface area contributed by atoms with Crippen LogP contribution in [0.2, 0.25) is 0 Å². The average Bonchev–Trinajstić information content (AvgIpc) is 3.68. The number of nitrogens with one attached hydrogen (secondary N) is 2. The van der Waals surface area contributed by atoms with Gasteiger partial charge in [0.05, 0.1) is 17.4 Å². The molecule has 0 bridgehead atoms. The van der Waals surface area contributed by atoms with Crippen molar-refractivity contribution >= 4 is 10.9 Å². The Balaban J connectivity index is 1.26. The smallest absolute Gasteiger partial charge is 0.261 e. The second-order valence-corrected chi connectivity index (χ2v) is 12.8. The summed E-state index contributed by atoms with van der Waals surface area (Å²) >= 11 is 0. The van der Waals surface area contributed by atoms with Crippen LogP contribution in [-0.4, -0.2) is 47.9 Å². The van der Waals surface area contributed by atoms with Gasteiger partial charge in [-0.1, -0.05) is 105 Å². The van der Waals surface area contributed by atoms with Gasteiger partial charge >= 0.3 is 0 Å². The van der Waals surface area contributed by atoms with Crippen LogP contribution in [0.15, 0.2) is 102 Å². The van der Waals surface area contributed by atoms with Crippen molar-refractivity contribution in [3.8, 4) is 22.5 Å². The van der Waals surface area contributed by atoms with E-state index in [1.54, 1.807) is 0 Å². The van der Waals surface area contributed by atoms with E-state index in [9.17, 15) is 9.90 Å². The fourth-order valence-corrected chi connectivity index (χ4v) is 6.96. The molecule has 4 aromatic carbocycles. The van der Waals surface area contributed by atoms with Gasteiger partial charge in [-0.25, -0.2) is 4.98 Å². The van der Waals surface area contributed by atoms with Crippen LogP contribution in [0.25, 0.3) is 33.4 Å². The van der Waals surface area contributed by atoms with Crippen LogP contribution in [0.1, 0.15) is 68.0 Å². The molecule has 0 aliphatic carbocycles. The molecular formula is C39H41N7O2. The lowest BCUT2D eigenvalue weighted by atomic mass is 9.79. The molecule has 6 aromatic rings. The summed E-state index contributed by atoms with van der Waals surface area (Å²) in [5.41, 5.74) is 4.76. The number of H-pyrrole nitrogens is 1. The minimum Gasteiger partial charge on any atom is -0.380 e. The third-order valence-electron chi connectivity index (χ3n) is 9.59. The zero-order chi connectivity index (χ0) is 32.9. The van der Waals surface area contributed by atoms with Gasteiger partial charge in [0, 0.05) is 18.0 Å². The SMILES string of the molecule is CCCCc1nc2ccc(C(O)(CC3CCCCN3)c3ccccc3)cc2c(=O)n1Cc1ccc(-c2ccccc2-c2nn[nH]n2)cc1. The number of benzene rings is 4. The van der Waals surface area contributed by atoms with Gasteiger partial charge in [-0.15, -0.1) is 10.2 Å². The molecule has 2 unspecified atom stereocenters. The lowest BCUT2D eigenvalue weighted by molar-refractivity contribution is 0.0553. The Kier molecular flexibility index (Phi) is 9.22. The number of aliphatic hydroxyl groups is 1. The van der Waals surface area contributed by atoms with E-state index in [-0.39, 0.29) is 11.6 Å². The van der Waals surface area contributed by atoms with Gasteiger partial charge in [-0.05, 0) is 77.4 Å². The van der Waals surface area contributed by atoms with E-state index in [1.165, 1.54) is 0 Å². The Morgan fingerprint density at radius 2 is 1.71 bits per heavy atom. The molecule has 48 heavy (non-hydrogen) atoms. The molecule has 1 fully saturated rings. The maximum Gasteiger partial charge on any atom is 0.261 e. The van der Waals surface area contributed by atoms with E-state index in [0.717, 1.165) is 72.3 Å². The van der Waals surface area contributed by atoms with Gasteiger partial charge in [0.1, 0.15) is 11.4 Å². The van der Waals surface area contributed by atoms with Crippen molar-refractivity contribution in [1.29, 1.82) is 0 Å². The molecular weight excluding hydrogens is 598 g/mol. The number of tetrazole rings is 1. The topological polar surface area (TPSA) is 122 Å². The van der Waals surface area contributed by atoms with Gasteiger partial charge in [0.2, 0.25) is 5.82 Å². The minimum atomic E-state index is -1.25. The Hall–Kier alpha value is -4.99. The maximum atomic E-state index is 14.4. The standard InChI is InChI=1S/C39H41N7O2/c1-2-3-16-36-41-35-22-21-30(39(48,29-11-5-4-6-12-29)25-31-13-9-10-23-40-31)24-34(35)38(47)46(36)26-27-17-19-28(20-18-27)32-14-7-8-15-33(32)37-42-44-45-43-37/h4-8,11-12,14-15,17-22,24,31,40,48H,2-3,9-10,13,16,23,25-26H2,1H3,(H,42,43,44,45).